The zero-order valence-corrected chi connectivity index (χ0v) is 9.89. The fraction of sp³-hybridized carbons (Fsp3) is 0.636. The highest BCUT2D eigenvalue weighted by atomic mass is 16.5. The van der Waals surface area contributed by atoms with Gasteiger partial charge in [0.1, 0.15) is 0 Å². The zero-order valence-electron chi connectivity index (χ0n) is 9.89. The smallest absolute Gasteiger partial charge is 0.328 e. The molecule has 0 aromatic rings. The summed E-state index contributed by atoms with van der Waals surface area (Å²) in [6.07, 6.45) is 1.61. The van der Waals surface area contributed by atoms with Crippen LogP contribution in [0.1, 0.15) is 19.8 Å². The third-order valence-electron chi connectivity index (χ3n) is 1.85. The van der Waals surface area contributed by atoms with E-state index in [4.69, 9.17) is 14.9 Å². The molecule has 0 aliphatic heterocycles. The number of aliphatic carboxylic acids is 1. The second-order valence-corrected chi connectivity index (χ2v) is 3.67. The number of nitrogens with one attached hydrogen (secondary N) is 1. The first kappa shape index (κ1) is 15.6. The molecule has 98 valence electrons. The molecule has 6 heteroatoms. The van der Waals surface area contributed by atoms with Crippen LogP contribution in [0.2, 0.25) is 0 Å². The van der Waals surface area contributed by atoms with Crippen LogP contribution in [0.4, 0.5) is 0 Å². The second-order valence-electron chi connectivity index (χ2n) is 3.67. The molecule has 2 atom stereocenters. The molecule has 0 saturated carbocycles. The summed E-state index contributed by atoms with van der Waals surface area (Å²) in [5.41, 5.74) is 0. The Labute approximate surface area is 100 Å². The van der Waals surface area contributed by atoms with E-state index in [0.29, 0.717) is 6.42 Å². The van der Waals surface area contributed by atoms with Crippen LogP contribution in [0.15, 0.2) is 12.7 Å². The van der Waals surface area contributed by atoms with Crippen LogP contribution in [-0.2, 0) is 14.3 Å². The van der Waals surface area contributed by atoms with E-state index in [1.54, 1.807) is 6.08 Å². The Hall–Kier alpha value is -1.40. The maximum Gasteiger partial charge on any atom is 0.328 e. The van der Waals surface area contributed by atoms with Crippen molar-refractivity contribution in [3.63, 3.8) is 0 Å². The zero-order chi connectivity index (χ0) is 13.3. The van der Waals surface area contributed by atoms with Gasteiger partial charge >= 0.3 is 5.97 Å². The first-order valence-corrected chi connectivity index (χ1v) is 5.36. The number of carboxylic acids is 1. The van der Waals surface area contributed by atoms with Gasteiger partial charge in [0.2, 0.25) is 5.91 Å². The van der Waals surface area contributed by atoms with Crippen molar-refractivity contribution in [1.82, 2.24) is 5.32 Å². The third-order valence-corrected chi connectivity index (χ3v) is 1.85. The molecule has 6 nitrogen and oxygen atoms in total. The normalized spacial score (nSPS) is 13.8. The Kier molecular flexibility index (Phi) is 8.00. The number of amides is 1. The van der Waals surface area contributed by atoms with Crippen molar-refractivity contribution < 1.29 is 24.5 Å². The summed E-state index contributed by atoms with van der Waals surface area (Å²) >= 11 is 0. The maximum atomic E-state index is 11.3. The van der Waals surface area contributed by atoms with Gasteiger partial charge in [0.15, 0.2) is 6.04 Å². The summed E-state index contributed by atoms with van der Waals surface area (Å²) in [5, 5.41) is 20.1. The van der Waals surface area contributed by atoms with Gasteiger partial charge in [0, 0.05) is 6.42 Å². The fourth-order valence-corrected chi connectivity index (χ4v) is 1.03. The van der Waals surface area contributed by atoms with Gasteiger partial charge in [-0.15, -0.1) is 6.58 Å². The number of aliphatic hydroxyl groups is 1. The Bertz CT molecular complexity index is 265. The molecule has 0 aromatic heterocycles. The fourth-order valence-electron chi connectivity index (χ4n) is 1.03. The van der Waals surface area contributed by atoms with Gasteiger partial charge in [-0.1, -0.05) is 6.08 Å². The lowest BCUT2D eigenvalue weighted by Crippen LogP contribution is -2.44. The number of ether oxygens (including phenoxy) is 1. The summed E-state index contributed by atoms with van der Waals surface area (Å²) in [4.78, 5) is 22.1. The summed E-state index contributed by atoms with van der Waals surface area (Å²) in [6, 6.07) is -1.09. The maximum absolute atomic E-state index is 11.3. The van der Waals surface area contributed by atoms with Crippen molar-refractivity contribution in [1.29, 1.82) is 0 Å². The lowest BCUT2D eigenvalue weighted by molar-refractivity contribution is -0.144. The molecular formula is C11H19NO5. The van der Waals surface area contributed by atoms with Crippen LogP contribution < -0.4 is 5.32 Å². The standard InChI is InChI=1S/C11H19NO5/c1-3-4-5-10(14)12-9(11(15)16)7-17-6-8(2)13/h3,8-9,13H,1,4-7H2,2H3,(H,12,14)(H,15,16)/t8-,9+/m1/s1. The number of hydrogen-bond acceptors (Lipinski definition) is 4. The van der Waals surface area contributed by atoms with Crippen LogP contribution in [0.25, 0.3) is 0 Å². The van der Waals surface area contributed by atoms with Crippen molar-refractivity contribution in [2.45, 2.75) is 31.9 Å². The summed E-state index contributed by atoms with van der Waals surface area (Å²) in [5.74, 6) is -1.53. The van der Waals surface area contributed by atoms with Gasteiger partial charge in [-0.25, -0.2) is 4.79 Å². The molecule has 0 rings (SSSR count). The Morgan fingerprint density at radius 1 is 1.47 bits per heavy atom. The number of rotatable bonds is 9. The third kappa shape index (κ3) is 8.41. The minimum absolute atomic E-state index is 0.0340. The van der Waals surface area contributed by atoms with E-state index in [-0.39, 0.29) is 25.5 Å². The first-order chi connectivity index (χ1) is 7.97. The van der Waals surface area contributed by atoms with Crippen LogP contribution in [0.5, 0.6) is 0 Å². The number of aliphatic hydroxyl groups excluding tert-OH is 1. The molecular weight excluding hydrogens is 226 g/mol. The summed E-state index contributed by atoms with van der Waals surface area (Å²) < 4.78 is 4.96. The lowest BCUT2D eigenvalue weighted by Gasteiger charge is -2.15. The van der Waals surface area contributed by atoms with Crippen molar-refractivity contribution >= 4 is 11.9 Å². The van der Waals surface area contributed by atoms with Crippen LogP contribution in [-0.4, -0.2) is 47.4 Å². The molecule has 0 heterocycles. The number of allylic oxidation sites excluding steroid dienone is 1. The largest absolute Gasteiger partial charge is 0.480 e. The Morgan fingerprint density at radius 3 is 2.59 bits per heavy atom. The molecule has 0 aromatic carbocycles. The van der Waals surface area contributed by atoms with Crippen LogP contribution in [0, 0.1) is 0 Å². The minimum Gasteiger partial charge on any atom is -0.480 e. The Balaban J connectivity index is 4.01. The first-order valence-electron chi connectivity index (χ1n) is 5.36. The highest BCUT2D eigenvalue weighted by Crippen LogP contribution is 1.94. The van der Waals surface area contributed by atoms with Crippen LogP contribution >= 0.6 is 0 Å². The van der Waals surface area contributed by atoms with Gasteiger partial charge in [-0.2, -0.15) is 0 Å². The average molecular weight is 245 g/mol. The van der Waals surface area contributed by atoms with Gasteiger partial charge in [0.05, 0.1) is 19.3 Å². The van der Waals surface area contributed by atoms with Crippen molar-refractivity contribution in [3.05, 3.63) is 12.7 Å². The molecule has 17 heavy (non-hydrogen) atoms. The molecule has 0 aliphatic rings. The SMILES string of the molecule is C=CCCC(=O)N[C@@H](COC[C@@H](C)O)C(=O)O. The minimum atomic E-state index is -1.16. The number of carboxylic acid groups (broad SMARTS) is 1. The molecule has 0 saturated heterocycles. The molecule has 3 N–H and O–H groups in total. The van der Waals surface area contributed by atoms with Gasteiger partial charge in [-0.3, -0.25) is 4.79 Å². The van der Waals surface area contributed by atoms with Gasteiger partial charge in [0.25, 0.3) is 0 Å². The quantitative estimate of drug-likeness (QED) is 0.494. The van der Waals surface area contributed by atoms with E-state index >= 15 is 0 Å². The second kappa shape index (κ2) is 8.72. The average Bonchev–Trinajstić information content (AvgIpc) is 2.24. The molecule has 1 amide bonds. The monoisotopic (exact) mass is 245 g/mol. The summed E-state index contributed by atoms with van der Waals surface area (Å²) in [7, 11) is 0. The van der Waals surface area contributed by atoms with Crippen molar-refractivity contribution in [2.24, 2.45) is 0 Å². The molecule has 0 spiro atoms. The van der Waals surface area contributed by atoms with E-state index in [1.165, 1.54) is 6.92 Å². The predicted molar refractivity (Wildman–Crippen MR) is 61.5 cm³/mol. The molecule has 0 aliphatic carbocycles. The van der Waals surface area contributed by atoms with Gasteiger partial charge in [-0.05, 0) is 13.3 Å². The Morgan fingerprint density at radius 2 is 2.12 bits per heavy atom. The van der Waals surface area contributed by atoms with E-state index < -0.39 is 18.1 Å². The topological polar surface area (TPSA) is 95.9 Å². The molecule has 0 unspecified atom stereocenters. The molecule has 0 fully saturated rings. The van der Waals surface area contributed by atoms with E-state index in [1.807, 2.05) is 0 Å². The van der Waals surface area contributed by atoms with Crippen molar-refractivity contribution in [2.75, 3.05) is 13.2 Å². The molecule has 0 bridgehead atoms. The number of carbonyl (C=O) groups excluding carboxylic acids is 1. The highest BCUT2D eigenvalue weighted by molar-refractivity contribution is 5.83. The van der Waals surface area contributed by atoms with E-state index in [9.17, 15) is 9.59 Å². The van der Waals surface area contributed by atoms with Gasteiger partial charge < -0.3 is 20.3 Å². The van der Waals surface area contributed by atoms with E-state index in [2.05, 4.69) is 11.9 Å². The number of hydrogen-bond donors (Lipinski definition) is 3. The summed E-state index contributed by atoms with van der Waals surface area (Å²) in [6.45, 7) is 4.86. The number of carbonyl (C=O) groups is 2. The highest BCUT2D eigenvalue weighted by Gasteiger charge is 2.19. The van der Waals surface area contributed by atoms with E-state index in [0.717, 1.165) is 0 Å². The van der Waals surface area contributed by atoms with Crippen LogP contribution in [0.3, 0.4) is 0 Å². The predicted octanol–water partition coefficient (Wildman–Crippen LogP) is -0.0806. The lowest BCUT2D eigenvalue weighted by atomic mass is 10.2. The van der Waals surface area contributed by atoms with Crippen molar-refractivity contribution in [3.8, 4) is 0 Å². The molecule has 0 radical (unpaired) electrons.